The van der Waals surface area contributed by atoms with Crippen LogP contribution in [0.15, 0.2) is 40.2 Å². The molecular weight excluding hydrogens is 310 g/mol. The Bertz CT molecular complexity index is 493. The highest BCUT2D eigenvalue weighted by molar-refractivity contribution is 9.10. The second-order valence-electron chi connectivity index (χ2n) is 4.28. The maximum Gasteiger partial charge on any atom is 0.119 e. The fraction of sp³-hybridized carbons (Fsp3) is 0.286. The fourth-order valence-corrected chi connectivity index (χ4v) is 2.95. The van der Waals surface area contributed by atoms with Gasteiger partial charge in [-0.05, 0) is 60.1 Å². The summed E-state index contributed by atoms with van der Waals surface area (Å²) in [4.78, 5) is 1.31. The Balaban J connectivity index is 1.90. The number of anilines is 1. The number of nitrogens with one attached hydrogen (secondary N) is 1. The van der Waals surface area contributed by atoms with Crippen LogP contribution in [0.2, 0.25) is 0 Å². The summed E-state index contributed by atoms with van der Waals surface area (Å²) < 4.78 is 6.75. The largest absolute Gasteiger partial charge is 0.491 e. The summed E-state index contributed by atoms with van der Waals surface area (Å²) >= 11 is 5.20. The van der Waals surface area contributed by atoms with Gasteiger partial charge in [0.2, 0.25) is 0 Å². The van der Waals surface area contributed by atoms with Crippen molar-refractivity contribution >= 4 is 33.0 Å². The van der Waals surface area contributed by atoms with E-state index in [0.29, 0.717) is 0 Å². The van der Waals surface area contributed by atoms with Gasteiger partial charge >= 0.3 is 0 Å². The molecule has 0 saturated carbocycles. The first-order chi connectivity index (χ1) is 8.63. The summed E-state index contributed by atoms with van der Waals surface area (Å²) in [6.07, 6.45) is 0.215. The van der Waals surface area contributed by atoms with Crippen molar-refractivity contribution in [3.63, 3.8) is 0 Å². The van der Waals surface area contributed by atoms with Gasteiger partial charge in [0.05, 0.1) is 6.10 Å². The van der Waals surface area contributed by atoms with E-state index in [4.69, 9.17) is 4.74 Å². The van der Waals surface area contributed by atoms with Crippen LogP contribution < -0.4 is 10.1 Å². The number of hydrogen-bond acceptors (Lipinski definition) is 3. The van der Waals surface area contributed by atoms with Crippen molar-refractivity contribution in [2.45, 2.75) is 26.5 Å². The Morgan fingerprint density at radius 2 is 2.00 bits per heavy atom. The molecule has 2 rings (SSSR count). The molecule has 0 fully saturated rings. The van der Waals surface area contributed by atoms with Gasteiger partial charge in [0, 0.05) is 27.0 Å². The van der Waals surface area contributed by atoms with E-state index in [2.05, 4.69) is 32.7 Å². The lowest BCUT2D eigenvalue weighted by molar-refractivity contribution is 0.242. The fourth-order valence-electron chi connectivity index (χ4n) is 1.56. The summed E-state index contributed by atoms with van der Waals surface area (Å²) in [5.74, 6) is 0.911. The van der Waals surface area contributed by atoms with Crippen molar-refractivity contribution < 1.29 is 4.74 Å². The third-order valence-electron chi connectivity index (χ3n) is 2.31. The van der Waals surface area contributed by atoms with Gasteiger partial charge in [0.25, 0.3) is 0 Å². The van der Waals surface area contributed by atoms with Crippen LogP contribution in [0.5, 0.6) is 5.75 Å². The van der Waals surface area contributed by atoms with Gasteiger partial charge in [-0.15, -0.1) is 11.3 Å². The summed E-state index contributed by atoms with van der Waals surface area (Å²) in [6.45, 7) is 4.91. The lowest BCUT2D eigenvalue weighted by Gasteiger charge is -2.10. The van der Waals surface area contributed by atoms with Gasteiger partial charge in [0.1, 0.15) is 5.75 Å². The molecule has 0 aliphatic carbocycles. The van der Waals surface area contributed by atoms with E-state index in [1.54, 1.807) is 11.3 Å². The summed E-state index contributed by atoms with van der Waals surface area (Å²) in [7, 11) is 0. The Hall–Kier alpha value is -1.00. The summed E-state index contributed by atoms with van der Waals surface area (Å²) in [6, 6.07) is 10.2. The predicted octanol–water partition coefficient (Wildman–Crippen LogP) is 4.91. The number of halogens is 1. The minimum Gasteiger partial charge on any atom is -0.491 e. The number of benzene rings is 1. The summed E-state index contributed by atoms with van der Waals surface area (Å²) in [5.41, 5.74) is 1.11. The van der Waals surface area contributed by atoms with E-state index >= 15 is 0 Å². The molecule has 0 saturated heterocycles. The molecule has 1 aromatic heterocycles. The molecule has 0 amide bonds. The van der Waals surface area contributed by atoms with Crippen LogP contribution in [0, 0.1) is 0 Å². The Morgan fingerprint density at radius 1 is 1.28 bits per heavy atom. The first-order valence-electron chi connectivity index (χ1n) is 5.87. The highest BCUT2D eigenvalue weighted by atomic mass is 79.9. The molecule has 4 heteroatoms. The van der Waals surface area contributed by atoms with Crippen molar-refractivity contribution in [2.75, 3.05) is 5.32 Å². The third kappa shape index (κ3) is 4.03. The van der Waals surface area contributed by atoms with Crippen LogP contribution in [0.25, 0.3) is 0 Å². The molecule has 1 N–H and O–H groups in total. The predicted molar refractivity (Wildman–Crippen MR) is 81.6 cm³/mol. The monoisotopic (exact) mass is 325 g/mol. The van der Waals surface area contributed by atoms with Crippen LogP contribution in [0.1, 0.15) is 18.7 Å². The third-order valence-corrected chi connectivity index (χ3v) is 4.01. The van der Waals surface area contributed by atoms with E-state index in [9.17, 15) is 0 Å². The molecule has 2 aromatic rings. The van der Waals surface area contributed by atoms with Crippen molar-refractivity contribution in [1.82, 2.24) is 0 Å². The van der Waals surface area contributed by atoms with Gasteiger partial charge in [0.15, 0.2) is 0 Å². The molecule has 1 aromatic carbocycles. The molecule has 0 spiro atoms. The molecule has 96 valence electrons. The Kier molecular flexibility index (Phi) is 4.66. The maximum atomic E-state index is 5.60. The standard InChI is InChI=1S/C14H16BrNOS/c1-10(2)17-13-5-3-12(4-6-13)16-8-14-7-11(15)9-18-14/h3-7,9-10,16H,8H2,1-2H3. The van der Waals surface area contributed by atoms with Crippen LogP contribution in [-0.2, 0) is 6.54 Å². The van der Waals surface area contributed by atoms with E-state index in [1.165, 1.54) is 4.88 Å². The van der Waals surface area contributed by atoms with Crippen LogP contribution in [0.4, 0.5) is 5.69 Å². The molecule has 1 heterocycles. The van der Waals surface area contributed by atoms with E-state index in [1.807, 2.05) is 38.1 Å². The van der Waals surface area contributed by atoms with Crippen LogP contribution in [-0.4, -0.2) is 6.10 Å². The second kappa shape index (κ2) is 6.25. The van der Waals surface area contributed by atoms with Gasteiger partial charge in [-0.3, -0.25) is 0 Å². The molecule has 18 heavy (non-hydrogen) atoms. The molecule has 0 radical (unpaired) electrons. The Morgan fingerprint density at radius 3 is 2.56 bits per heavy atom. The number of ether oxygens (including phenoxy) is 1. The first kappa shape index (κ1) is 13.4. The number of thiophene rings is 1. The smallest absolute Gasteiger partial charge is 0.119 e. The average Bonchev–Trinajstić information content (AvgIpc) is 2.74. The lowest BCUT2D eigenvalue weighted by Crippen LogP contribution is -2.05. The SMILES string of the molecule is CC(C)Oc1ccc(NCc2cc(Br)cs2)cc1. The van der Waals surface area contributed by atoms with Gasteiger partial charge < -0.3 is 10.1 Å². The minimum absolute atomic E-state index is 0.215. The van der Waals surface area contributed by atoms with Crippen molar-refractivity contribution in [3.05, 3.63) is 45.1 Å². The molecule has 0 bridgehead atoms. The van der Waals surface area contributed by atoms with Gasteiger partial charge in [-0.2, -0.15) is 0 Å². The lowest BCUT2D eigenvalue weighted by atomic mass is 10.3. The molecule has 0 aliphatic heterocycles. The highest BCUT2D eigenvalue weighted by Gasteiger charge is 2.00. The number of hydrogen-bond donors (Lipinski definition) is 1. The molecule has 2 nitrogen and oxygen atoms in total. The van der Waals surface area contributed by atoms with E-state index in [0.717, 1.165) is 22.5 Å². The molecule has 0 atom stereocenters. The Labute approximate surface area is 120 Å². The normalized spacial score (nSPS) is 10.7. The quantitative estimate of drug-likeness (QED) is 0.843. The zero-order valence-corrected chi connectivity index (χ0v) is 12.8. The average molecular weight is 326 g/mol. The summed E-state index contributed by atoms with van der Waals surface area (Å²) in [5, 5.41) is 5.48. The van der Waals surface area contributed by atoms with Crippen molar-refractivity contribution in [1.29, 1.82) is 0 Å². The number of rotatable bonds is 5. The van der Waals surface area contributed by atoms with Gasteiger partial charge in [-0.1, -0.05) is 0 Å². The van der Waals surface area contributed by atoms with Crippen LogP contribution >= 0.6 is 27.3 Å². The van der Waals surface area contributed by atoms with E-state index < -0.39 is 0 Å². The van der Waals surface area contributed by atoms with Crippen LogP contribution in [0.3, 0.4) is 0 Å². The second-order valence-corrected chi connectivity index (χ2v) is 6.19. The van der Waals surface area contributed by atoms with Crippen molar-refractivity contribution in [3.8, 4) is 5.75 Å². The minimum atomic E-state index is 0.215. The maximum absolute atomic E-state index is 5.60. The topological polar surface area (TPSA) is 21.3 Å². The van der Waals surface area contributed by atoms with Crippen molar-refractivity contribution in [2.24, 2.45) is 0 Å². The zero-order valence-electron chi connectivity index (χ0n) is 10.4. The zero-order chi connectivity index (χ0) is 13.0. The molecule has 0 aliphatic rings. The molecule has 0 unspecified atom stereocenters. The van der Waals surface area contributed by atoms with E-state index in [-0.39, 0.29) is 6.10 Å². The highest BCUT2D eigenvalue weighted by Crippen LogP contribution is 2.22. The first-order valence-corrected chi connectivity index (χ1v) is 7.54. The molecular formula is C14H16BrNOS. The van der Waals surface area contributed by atoms with Gasteiger partial charge in [-0.25, -0.2) is 0 Å².